The summed E-state index contributed by atoms with van der Waals surface area (Å²) in [7, 11) is -4.36. The van der Waals surface area contributed by atoms with Gasteiger partial charge < -0.3 is 20.4 Å². The van der Waals surface area contributed by atoms with E-state index in [-0.39, 0.29) is 23.6 Å². The number of nitrogens with one attached hydrogen (secondary N) is 4. The van der Waals surface area contributed by atoms with Crippen LogP contribution < -0.4 is 15.4 Å². The van der Waals surface area contributed by atoms with Crippen molar-refractivity contribution in [2.45, 2.75) is 43.7 Å². The van der Waals surface area contributed by atoms with Gasteiger partial charge in [0.25, 0.3) is 11.8 Å². The monoisotopic (exact) mass is 653 g/mol. The molecular formula is C31H33F2N7O5S. The van der Waals surface area contributed by atoms with E-state index in [2.05, 4.69) is 30.7 Å². The summed E-state index contributed by atoms with van der Waals surface area (Å²) in [5.41, 5.74) is 0.274. The molecule has 0 unspecified atom stereocenters. The van der Waals surface area contributed by atoms with Crippen LogP contribution in [0.3, 0.4) is 0 Å². The van der Waals surface area contributed by atoms with Gasteiger partial charge in [-0.25, -0.2) is 17.2 Å². The number of halogens is 2. The van der Waals surface area contributed by atoms with Crippen LogP contribution in [0.1, 0.15) is 58.7 Å². The van der Waals surface area contributed by atoms with Crippen LogP contribution >= 0.6 is 0 Å². The van der Waals surface area contributed by atoms with Crippen molar-refractivity contribution in [2.24, 2.45) is 0 Å². The number of H-pyrrole nitrogens is 2. The fourth-order valence-electron chi connectivity index (χ4n) is 5.83. The Morgan fingerprint density at radius 2 is 1.76 bits per heavy atom. The van der Waals surface area contributed by atoms with Gasteiger partial charge in [-0.05, 0) is 70.1 Å². The molecule has 15 heteroatoms. The quantitative estimate of drug-likeness (QED) is 0.198. The van der Waals surface area contributed by atoms with Crippen molar-refractivity contribution in [2.75, 3.05) is 36.9 Å². The molecular weight excluding hydrogens is 620 g/mol. The zero-order valence-electron chi connectivity index (χ0n) is 25.2. The Morgan fingerprint density at radius 1 is 1.02 bits per heavy atom. The number of benzene rings is 2. The molecule has 0 bridgehead atoms. The lowest BCUT2D eigenvalue weighted by atomic mass is 10.0. The highest BCUT2D eigenvalue weighted by molar-refractivity contribution is 7.89. The molecule has 4 aromatic rings. The summed E-state index contributed by atoms with van der Waals surface area (Å²) in [5, 5.41) is 12.5. The summed E-state index contributed by atoms with van der Waals surface area (Å²) in [6.07, 6.45) is 5.46. The van der Waals surface area contributed by atoms with Crippen LogP contribution in [0.5, 0.6) is 5.75 Å². The van der Waals surface area contributed by atoms with E-state index in [1.165, 1.54) is 12.3 Å². The van der Waals surface area contributed by atoms with Gasteiger partial charge in [0.1, 0.15) is 24.0 Å². The van der Waals surface area contributed by atoms with E-state index >= 15 is 0 Å². The number of likely N-dealkylation sites (tertiary alicyclic amines) is 1. The van der Waals surface area contributed by atoms with Crippen LogP contribution in [-0.2, 0) is 22.1 Å². The molecule has 2 amide bonds. The lowest BCUT2D eigenvalue weighted by Crippen LogP contribution is -2.40. The second kappa shape index (κ2) is 12.3. The number of aromatic nitrogens is 3. The minimum atomic E-state index is -4.36. The molecule has 2 aliphatic heterocycles. The molecule has 1 fully saturated rings. The number of nitrogens with zero attached hydrogens (tertiary/aromatic N) is 3. The number of hydrogen-bond acceptors (Lipinski definition) is 7. The van der Waals surface area contributed by atoms with Crippen molar-refractivity contribution in [1.82, 2.24) is 24.4 Å². The zero-order valence-corrected chi connectivity index (χ0v) is 26.0. The third-order valence-corrected chi connectivity index (χ3v) is 10.3. The molecule has 0 atom stereocenters. The highest BCUT2D eigenvalue weighted by Gasteiger charge is 2.48. The Labute approximate surface area is 264 Å². The number of ether oxygens (including phenoxy) is 1. The lowest BCUT2D eigenvalue weighted by molar-refractivity contribution is 0.102. The second-order valence-corrected chi connectivity index (χ2v) is 13.6. The number of aromatic amines is 2. The first-order valence-corrected chi connectivity index (χ1v) is 16.2. The second-order valence-electron chi connectivity index (χ2n) is 11.7. The van der Waals surface area contributed by atoms with E-state index < -0.39 is 43.9 Å². The lowest BCUT2D eigenvalue weighted by Gasteiger charge is -2.30. The Balaban J connectivity index is 1.24. The molecule has 242 valence electrons. The summed E-state index contributed by atoms with van der Waals surface area (Å²) in [4.78, 5) is 31.2. The first-order valence-electron chi connectivity index (χ1n) is 14.7. The molecule has 6 rings (SSSR count). The average molecular weight is 654 g/mol. The van der Waals surface area contributed by atoms with Crippen LogP contribution in [0, 0.1) is 11.6 Å². The predicted molar refractivity (Wildman–Crippen MR) is 165 cm³/mol. The highest BCUT2D eigenvalue weighted by atomic mass is 32.2. The number of amides is 2. The van der Waals surface area contributed by atoms with Crippen LogP contribution in [0.15, 0.2) is 59.8 Å². The topological polar surface area (TPSA) is 153 Å². The molecule has 0 radical (unpaired) electrons. The van der Waals surface area contributed by atoms with Crippen molar-refractivity contribution < 1.29 is 31.5 Å². The maximum Gasteiger partial charge on any atom is 0.258 e. The highest BCUT2D eigenvalue weighted by Crippen LogP contribution is 2.44. The molecule has 0 aliphatic carbocycles. The van der Waals surface area contributed by atoms with Gasteiger partial charge in [-0.2, -0.15) is 9.40 Å². The Bertz CT molecular complexity index is 1870. The maximum atomic E-state index is 13.9. The summed E-state index contributed by atoms with van der Waals surface area (Å²) < 4.78 is 61.9. The van der Waals surface area contributed by atoms with Gasteiger partial charge in [-0.3, -0.25) is 19.6 Å². The minimum absolute atomic E-state index is 0.0741. The van der Waals surface area contributed by atoms with Crippen LogP contribution in [-0.4, -0.2) is 70.9 Å². The number of carbonyl (C=O) groups excluding carboxylic acids is 2. The summed E-state index contributed by atoms with van der Waals surface area (Å²) in [5.74, 6) is -2.56. The number of hydrogen-bond donors (Lipinski definition) is 4. The fraction of sp³-hybridized carbons (Fsp3) is 0.323. The fourth-order valence-corrected chi connectivity index (χ4v) is 7.60. The van der Waals surface area contributed by atoms with Crippen molar-refractivity contribution >= 4 is 33.3 Å². The zero-order chi connectivity index (χ0) is 32.6. The molecule has 2 aromatic heterocycles. The Hall–Kier alpha value is -4.60. The van der Waals surface area contributed by atoms with Gasteiger partial charge in [0.05, 0.1) is 32.9 Å². The Morgan fingerprint density at radius 3 is 2.46 bits per heavy atom. The van der Waals surface area contributed by atoms with Crippen molar-refractivity contribution in [1.29, 1.82) is 0 Å². The first kappa shape index (κ1) is 31.4. The van der Waals surface area contributed by atoms with E-state index in [0.717, 1.165) is 48.9 Å². The predicted octanol–water partition coefficient (Wildman–Crippen LogP) is 4.43. The van der Waals surface area contributed by atoms with Crippen molar-refractivity contribution in [3.63, 3.8) is 0 Å². The molecule has 0 spiro atoms. The van der Waals surface area contributed by atoms with E-state index in [4.69, 9.17) is 4.74 Å². The van der Waals surface area contributed by atoms with E-state index in [1.54, 1.807) is 38.2 Å². The van der Waals surface area contributed by atoms with E-state index in [9.17, 15) is 26.8 Å². The summed E-state index contributed by atoms with van der Waals surface area (Å²) in [6.45, 7) is 6.27. The molecule has 2 aliphatic rings. The number of carbonyl (C=O) groups is 2. The summed E-state index contributed by atoms with van der Waals surface area (Å²) >= 11 is 0. The van der Waals surface area contributed by atoms with Gasteiger partial charge >= 0.3 is 0 Å². The van der Waals surface area contributed by atoms with Gasteiger partial charge in [0.15, 0.2) is 5.82 Å². The molecule has 12 nitrogen and oxygen atoms in total. The van der Waals surface area contributed by atoms with Crippen molar-refractivity contribution in [3.8, 4) is 5.75 Å². The van der Waals surface area contributed by atoms with Gasteiger partial charge in [-0.1, -0.05) is 0 Å². The minimum Gasteiger partial charge on any atom is -0.492 e. The molecule has 1 saturated heterocycles. The van der Waals surface area contributed by atoms with E-state index in [0.29, 0.717) is 35.2 Å². The summed E-state index contributed by atoms with van der Waals surface area (Å²) in [6, 6.07) is 8.44. The third kappa shape index (κ3) is 6.12. The SMILES string of the molecule is CC1(C)c2[nH]nc(NC(=O)c3ccc(OCCN4CCCC4)cc3NC(=O)c3cc[nH]c3)c2CN1S(=O)(=O)c1cc(F)cc(F)c1. The number of rotatable bonds is 10. The first-order chi connectivity index (χ1) is 21.9. The largest absolute Gasteiger partial charge is 0.492 e. The third-order valence-electron chi connectivity index (χ3n) is 8.28. The van der Waals surface area contributed by atoms with Crippen LogP contribution in [0.4, 0.5) is 20.3 Å². The number of sulfonamides is 1. The smallest absolute Gasteiger partial charge is 0.258 e. The molecule has 4 N–H and O–H groups in total. The van der Waals surface area contributed by atoms with Gasteiger partial charge in [0.2, 0.25) is 10.0 Å². The Kier molecular flexibility index (Phi) is 8.39. The van der Waals surface area contributed by atoms with Crippen LogP contribution in [0.2, 0.25) is 0 Å². The molecule has 2 aromatic carbocycles. The number of fused-ring (bicyclic) bond motifs is 1. The van der Waals surface area contributed by atoms with Crippen molar-refractivity contribution in [3.05, 3.63) is 88.9 Å². The average Bonchev–Trinajstić information content (AvgIpc) is 3.81. The van der Waals surface area contributed by atoms with Gasteiger partial charge in [-0.15, -0.1) is 0 Å². The van der Waals surface area contributed by atoms with Gasteiger partial charge in [0, 0.05) is 43.2 Å². The molecule has 0 saturated carbocycles. The number of anilines is 2. The standard InChI is InChI=1S/C31H33F2N7O5S/c1-31(2)27-25(18-40(31)46(43,44)23-14-20(32)13-21(33)15-23)28(38-37-27)36-30(42)24-6-5-22(45-12-11-39-9-3-4-10-39)16-26(24)35-29(41)19-7-8-34-17-19/h5-8,13-17,34H,3-4,9-12,18H2,1-2H3,(H,35,41)(H2,36,37,38,42). The van der Waals surface area contributed by atoms with E-state index in [1.807, 2.05) is 0 Å². The molecule has 4 heterocycles. The normalized spacial score (nSPS) is 16.3. The maximum absolute atomic E-state index is 13.9. The molecule has 46 heavy (non-hydrogen) atoms. The van der Waals surface area contributed by atoms with Crippen LogP contribution in [0.25, 0.3) is 0 Å².